The Balaban J connectivity index is 1.72. The molecule has 0 saturated heterocycles. The van der Waals surface area contributed by atoms with Gasteiger partial charge in [-0.1, -0.05) is 6.07 Å². The summed E-state index contributed by atoms with van der Waals surface area (Å²) < 4.78 is 12.4. The van der Waals surface area contributed by atoms with Crippen LogP contribution in [0.5, 0.6) is 11.5 Å². The lowest BCUT2D eigenvalue weighted by Crippen LogP contribution is -2.09. The lowest BCUT2D eigenvalue weighted by atomic mass is 10.2. The lowest BCUT2D eigenvalue weighted by Gasteiger charge is -2.10. The van der Waals surface area contributed by atoms with Crippen molar-refractivity contribution in [3.63, 3.8) is 0 Å². The molecule has 3 rings (SSSR count). The summed E-state index contributed by atoms with van der Waals surface area (Å²) in [6, 6.07) is 13.8. The summed E-state index contributed by atoms with van der Waals surface area (Å²) in [4.78, 5) is 12.2. The van der Waals surface area contributed by atoms with Crippen LogP contribution in [-0.2, 0) is 0 Å². The van der Waals surface area contributed by atoms with Crippen molar-refractivity contribution in [1.82, 2.24) is 20.2 Å². The van der Waals surface area contributed by atoms with Gasteiger partial charge in [-0.25, -0.2) is 9.48 Å². The summed E-state index contributed by atoms with van der Waals surface area (Å²) >= 11 is 0. The van der Waals surface area contributed by atoms with Crippen molar-refractivity contribution >= 4 is 5.97 Å². The summed E-state index contributed by atoms with van der Waals surface area (Å²) in [6.07, 6.45) is 1.55. The van der Waals surface area contributed by atoms with Crippen LogP contribution < -0.4 is 9.47 Å². The molecule has 3 aromatic rings. The first kappa shape index (κ1) is 15.7. The van der Waals surface area contributed by atoms with E-state index in [1.807, 2.05) is 19.9 Å². The average molecular weight is 324 g/mol. The molecule has 0 aliphatic rings. The third-order valence-electron chi connectivity index (χ3n) is 3.10. The van der Waals surface area contributed by atoms with E-state index in [9.17, 15) is 4.79 Å². The number of carbonyl (C=O) groups excluding carboxylic acids is 1. The molecule has 0 spiro atoms. The highest BCUT2D eigenvalue weighted by molar-refractivity contribution is 5.91. The van der Waals surface area contributed by atoms with E-state index in [1.165, 1.54) is 11.0 Å². The fourth-order valence-electron chi connectivity index (χ4n) is 2.08. The molecule has 7 nitrogen and oxygen atoms in total. The minimum atomic E-state index is -0.444. The van der Waals surface area contributed by atoms with Crippen LogP contribution in [0.1, 0.15) is 24.2 Å². The molecule has 1 heterocycles. The first-order chi connectivity index (χ1) is 11.6. The molecule has 24 heavy (non-hydrogen) atoms. The van der Waals surface area contributed by atoms with Gasteiger partial charge in [-0.2, -0.15) is 0 Å². The van der Waals surface area contributed by atoms with E-state index in [4.69, 9.17) is 9.47 Å². The predicted octanol–water partition coefficient (Wildman–Crippen LogP) is 2.67. The van der Waals surface area contributed by atoms with Crippen molar-refractivity contribution in [3.8, 4) is 17.2 Å². The number of hydrogen-bond donors (Lipinski definition) is 0. The number of tetrazole rings is 1. The van der Waals surface area contributed by atoms with Gasteiger partial charge in [0.2, 0.25) is 0 Å². The molecular formula is C17H16N4O3. The molecule has 0 bridgehead atoms. The number of nitrogens with zero attached hydrogens (tertiary/aromatic N) is 4. The molecule has 0 atom stereocenters. The fourth-order valence-corrected chi connectivity index (χ4v) is 2.08. The zero-order valence-electron chi connectivity index (χ0n) is 13.3. The lowest BCUT2D eigenvalue weighted by molar-refractivity contribution is 0.0734. The molecule has 0 amide bonds. The smallest absolute Gasteiger partial charge is 0.343 e. The van der Waals surface area contributed by atoms with E-state index < -0.39 is 5.97 Å². The van der Waals surface area contributed by atoms with Crippen molar-refractivity contribution in [2.75, 3.05) is 0 Å². The Bertz CT molecular complexity index is 814. The molecule has 0 N–H and O–H groups in total. The second-order valence-corrected chi connectivity index (χ2v) is 5.33. The van der Waals surface area contributed by atoms with E-state index in [0.29, 0.717) is 22.7 Å². The van der Waals surface area contributed by atoms with Crippen molar-refractivity contribution in [2.24, 2.45) is 0 Å². The van der Waals surface area contributed by atoms with Crippen molar-refractivity contribution in [2.45, 2.75) is 20.0 Å². The van der Waals surface area contributed by atoms with Crippen LogP contribution in [0, 0.1) is 0 Å². The minimum absolute atomic E-state index is 0.0804. The van der Waals surface area contributed by atoms with Crippen LogP contribution in [0.3, 0.4) is 0 Å². The number of hydrogen-bond acceptors (Lipinski definition) is 6. The van der Waals surface area contributed by atoms with Crippen molar-refractivity contribution in [3.05, 3.63) is 60.4 Å². The number of benzene rings is 2. The highest BCUT2D eigenvalue weighted by atomic mass is 16.5. The molecule has 1 aromatic heterocycles. The normalized spacial score (nSPS) is 10.6. The largest absolute Gasteiger partial charge is 0.491 e. The zero-order valence-corrected chi connectivity index (χ0v) is 13.3. The summed E-state index contributed by atoms with van der Waals surface area (Å²) in [6.45, 7) is 3.89. The van der Waals surface area contributed by atoms with Crippen molar-refractivity contribution in [1.29, 1.82) is 0 Å². The Labute approximate surface area is 138 Å². The molecule has 122 valence electrons. The Hall–Kier alpha value is -3.22. The summed E-state index contributed by atoms with van der Waals surface area (Å²) in [5.41, 5.74) is 1.14. The van der Waals surface area contributed by atoms with Gasteiger partial charge in [0.25, 0.3) is 0 Å². The van der Waals surface area contributed by atoms with E-state index in [0.717, 1.165) is 0 Å². The first-order valence-electron chi connectivity index (χ1n) is 7.44. The Kier molecular flexibility index (Phi) is 4.51. The highest BCUT2D eigenvalue weighted by Crippen LogP contribution is 2.19. The monoisotopic (exact) mass is 324 g/mol. The van der Waals surface area contributed by atoms with Gasteiger partial charge in [-0.3, -0.25) is 0 Å². The van der Waals surface area contributed by atoms with E-state index in [1.54, 1.807) is 42.5 Å². The molecule has 2 aromatic carbocycles. The summed E-state index contributed by atoms with van der Waals surface area (Å²) in [5, 5.41) is 11.0. The summed E-state index contributed by atoms with van der Waals surface area (Å²) in [7, 11) is 0. The Morgan fingerprint density at radius 3 is 2.54 bits per heavy atom. The van der Waals surface area contributed by atoms with E-state index >= 15 is 0 Å². The molecule has 0 saturated carbocycles. The van der Waals surface area contributed by atoms with Gasteiger partial charge in [-0.05, 0) is 60.7 Å². The highest BCUT2D eigenvalue weighted by Gasteiger charge is 2.10. The fraction of sp³-hybridized carbons (Fsp3) is 0.176. The minimum Gasteiger partial charge on any atom is -0.491 e. The van der Waals surface area contributed by atoms with Crippen LogP contribution in [0.2, 0.25) is 0 Å². The zero-order chi connectivity index (χ0) is 16.9. The Morgan fingerprint density at radius 1 is 1.08 bits per heavy atom. The number of aromatic nitrogens is 4. The van der Waals surface area contributed by atoms with Crippen LogP contribution in [0.4, 0.5) is 0 Å². The maximum atomic E-state index is 12.2. The van der Waals surface area contributed by atoms with E-state index in [-0.39, 0.29) is 6.10 Å². The third-order valence-corrected chi connectivity index (χ3v) is 3.10. The van der Waals surface area contributed by atoms with Crippen LogP contribution in [-0.4, -0.2) is 32.3 Å². The first-order valence-corrected chi connectivity index (χ1v) is 7.44. The molecule has 0 fully saturated rings. The molecule has 0 aliphatic heterocycles. The van der Waals surface area contributed by atoms with Gasteiger partial charge >= 0.3 is 5.97 Å². The number of ether oxygens (including phenoxy) is 2. The maximum Gasteiger partial charge on any atom is 0.343 e. The molecule has 0 aliphatic carbocycles. The molecular weight excluding hydrogens is 308 g/mol. The standard InChI is InChI=1S/C17H16N4O3/c1-12(2)23-15-8-6-13(7-9-15)17(22)24-16-5-3-4-14(10-16)21-11-18-19-20-21/h3-12H,1-2H3. The number of carbonyl (C=O) groups is 1. The third kappa shape index (κ3) is 3.75. The van der Waals surface area contributed by atoms with Gasteiger partial charge in [0.1, 0.15) is 17.8 Å². The predicted molar refractivity (Wildman–Crippen MR) is 86.3 cm³/mol. The SMILES string of the molecule is CC(C)Oc1ccc(C(=O)Oc2cccc(-n3cnnn3)c2)cc1. The second-order valence-electron chi connectivity index (χ2n) is 5.33. The van der Waals surface area contributed by atoms with Crippen LogP contribution in [0.25, 0.3) is 5.69 Å². The second kappa shape index (κ2) is 6.91. The topological polar surface area (TPSA) is 79.1 Å². The van der Waals surface area contributed by atoms with Gasteiger partial charge in [0, 0.05) is 6.07 Å². The maximum absolute atomic E-state index is 12.2. The van der Waals surface area contributed by atoms with Crippen molar-refractivity contribution < 1.29 is 14.3 Å². The van der Waals surface area contributed by atoms with Gasteiger partial charge in [-0.15, -0.1) is 5.10 Å². The molecule has 7 heteroatoms. The number of esters is 1. The van der Waals surface area contributed by atoms with Gasteiger partial charge in [0.05, 0.1) is 17.4 Å². The van der Waals surface area contributed by atoms with Gasteiger partial charge in [0.15, 0.2) is 0 Å². The summed E-state index contributed by atoms with van der Waals surface area (Å²) in [5.74, 6) is 0.678. The average Bonchev–Trinajstić information content (AvgIpc) is 3.10. The number of rotatable bonds is 5. The molecule has 0 radical (unpaired) electrons. The van der Waals surface area contributed by atoms with Crippen LogP contribution in [0.15, 0.2) is 54.9 Å². The quantitative estimate of drug-likeness (QED) is 0.530. The van der Waals surface area contributed by atoms with Gasteiger partial charge < -0.3 is 9.47 Å². The Morgan fingerprint density at radius 2 is 1.88 bits per heavy atom. The molecule has 0 unspecified atom stereocenters. The van der Waals surface area contributed by atoms with E-state index in [2.05, 4.69) is 15.5 Å². The van der Waals surface area contributed by atoms with Crippen LogP contribution >= 0.6 is 0 Å².